The molecule has 2 N–H and O–H groups in total. The van der Waals surface area contributed by atoms with Gasteiger partial charge in [0.05, 0.1) is 5.69 Å². The van der Waals surface area contributed by atoms with Crippen molar-refractivity contribution >= 4 is 5.82 Å². The minimum absolute atomic E-state index is 0.554. The first kappa shape index (κ1) is 11.9. The second-order valence-corrected chi connectivity index (χ2v) is 3.76. The van der Waals surface area contributed by atoms with Crippen molar-refractivity contribution in [2.24, 2.45) is 0 Å². The van der Waals surface area contributed by atoms with E-state index in [1.54, 1.807) is 0 Å². The third-order valence-electron chi connectivity index (χ3n) is 2.59. The highest BCUT2D eigenvalue weighted by atomic mass is 15.3. The molecule has 0 bridgehead atoms. The first-order chi connectivity index (χ1) is 7.29. The molecule has 0 atom stereocenters. The second-order valence-electron chi connectivity index (χ2n) is 3.76. The van der Waals surface area contributed by atoms with Crippen LogP contribution in [-0.2, 0) is 12.8 Å². The Morgan fingerprint density at radius 1 is 1.07 bits per heavy atom. The first-order valence-electron chi connectivity index (χ1n) is 5.76. The van der Waals surface area contributed by atoms with Gasteiger partial charge in [-0.15, -0.1) is 10.2 Å². The number of unbranched alkanes of at least 4 members (excludes halogenated alkanes) is 3. The SMILES string of the molecule is CCCCCCc1c(N)nnnc1CC. The molecule has 84 valence electrons. The zero-order valence-corrected chi connectivity index (χ0v) is 9.66. The van der Waals surface area contributed by atoms with Crippen molar-refractivity contribution in [1.82, 2.24) is 15.4 Å². The summed E-state index contributed by atoms with van der Waals surface area (Å²) in [5.74, 6) is 0.554. The third-order valence-corrected chi connectivity index (χ3v) is 2.59. The fourth-order valence-corrected chi connectivity index (χ4v) is 1.68. The normalized spacial score (nSPS) is 10.5. The molecule has 15 heavy (non-hydrogen) atoms. The smallest absolute Gasteiger partial charge is 0.152 e. The largest absolute Gasteiger partial charge is 0.382 e. The van der Waals surface area contributed by atoms with Crippen molar-refractivity contribution in [2.75, 3.05) is 5.73 Å². The molecule has 0 spiro atoms. The molecule has 0 fully saturated rings. The van der Waals surface area contributed by atoms with Crippen molar-refractivity contribution in [1.29, 1.82) is 0 Å². The Morgan fingerprint density at radius 3 is 2.53 bits per heavy atom. The van der Waals surface area contributed by atoms with Crippen LogP contribution in [0.25, 0.3) is 0 Å². The van der Waals surface area contributed by atoms with Crippen LogP contribution in [0, 0.1) is 0 Å². The Labute approximate surface area is 91.3 Å². The minimum Gasteiger partial charge on any atom is -0.382 e. The molecule has 0 amide bonds. The maximum atomic E-state index is 5.80. The molecular formula is C11H20N4. The van der Waals surface area contributed by atoms with Crippen LogP contribution in [-0.4, -0.2) is 15.4 Å². The maximum Gasteiger partial charge on any atom is 0.152 e. The summed E-state index contributed by atoms with van der Waals surface area (Å²) in [4.78, 5) is 0. The monoisotopic (exact) mass is 208 g/mol. The molecule has 1 aromatic heterocycles. The lowest BCUT2D eigenvalue weighted by atomic mass is 10.0. The van der Waals surface area contributed by atoms with E-state index in [0.717, 1.165) is 24.1 Å². The quantitative estimate of drug-likeness (QED) is 0.727. The van der Waals surface area contributed by atoms with Gasteiger partial charge in [0.15, 0.2) is 5.82 Å². The second kappa shape index (κ2) is 6.32. The van der Waals surface area contributed by atoms with Gasteiger partial charge in [0.2, 0.25) is 0 Å². The van der Waals surface area contributed by atoms with E-state index in [1.807, 2.05) is 0 Å². The van der Waals surface area contributed by atoms with Crippen molar-refractivity contribution in [3.05, 3.63) is 11.3 Å². The number of hydrogen-bond acceptors (Lipinski definition) is 4. The van der Waals surface area contributed by atoms with E-state index in [4.69, 9.17) is 5.73 Å². The van der Waals surface area contributed by atoms with Crippen molar-refractivity contribution in [2.45, 2.75) is 52.4 Å². The van der Waals surface area contributed by atoms with E-state index in [0.29, 0.717) is 5.82 Å². The Balaban J connectivity index is 2.58. The van der Waals surface area contributed by atoms with Crippen LogP contribution in [0.15, 0.2) is 0 Å². The van der Waals surface area contributed by atoms with E-state index >= 15 is 0 Å². The zero-order valence-electron chi connectivity index (χ0n) is 9.66. The van der Waals surface area contributed by atoms with E-state index in [-0.39, 0.29) is 0 Å². The van der Waals surface area contributed by atoms with Gasteiger partial charge in [0.1, 0.15) is 0 Å². The average Bonchev–Trinajstić information content (AvgIpc) is 2.26. The molecule has 1 aromatic rings. The van der Waals surface area contributed by atoms with E-state index in [1.165, 1.54) is 25.7 Å². The molecule has 0 aliphatic carbocycles. The predicted octanol–water partition coefficient (Wildman–Crippen LogP) is 2.14. The molecule has 4 heteroatoms. The predicted molar refractivity (Wildman–Crippen MR) is 61.5 cm³/mol. The van der Waals surface area contributed by atoms with E-state index < -0.39 is 0 Å². The van der Waals surface area contributed by atoms with Crippen LogP contribution < -0.4 is 5.73 Å². The van der Waals surface area contributed by atoms with Crippen molar-refractivity contribution < 1.29 is 0 Å². The molecule has 0 aliphatic heterocycles. The Hall–Kier alpha value is -1.19. The van der Waals surface area contributed by atoms with Gasteiger partial charge >= 0.3 is 0 Å². The van der Waals surface area contributed by atoms with Crippen LogP contribution in [0.1, 0.15) is 50.8 Å². The highest BCUT2D eigenvalue weighted by Crippen LogP contribution is 2.15. The summed E-state index contributed by atoms with van der Waals surface area (Å²) in [6.07, 6.45) is 6.82. The third kappa shape index (κ3) is 3.46. The molecule has 1 heterocycles. The molecule has 0 radical (unpaired) electrons. The summed E-state index contributed by atoms with van der Waals surface area (Å²) in [5, 5.41) is 11.5. The summed E-state index contributed by atoms with van der Waals surface area (Å²) in [6.45, 7) is 4.28. The van der Waals surface area contributed by atoms with Gasteiger partial charge in [-0.1, -0.05) is 33.1 Å². The fraction of sp³-hybridized carbons (Fsp3) is 0.727. The van der Waals surface area contributed by atoms with E-state index in [9.17, 15) is 0 Å². The number of anilines is 1. The summed E-state index contributed by atoms with van der Waals surface area (Å²) in [6, 6.07) is 0. The van der Waals surface area contributed by atoms with Gasteiger partial charge in [-0.3, -0.25) is 0 Å². The van der Waals surface area contributed by atoms with Gasteiger partial charge in [0.25, 0.3) is 0 Å². The maximum absolute atomic E-state index is 5.80. The molecule has 0 saturated heterocycles. The number of rotatable bonds is 6. The number of nitrogen functional groups attached to an aromatic ring is 1. The summed E-state index contributed by atoms with van der Waals surface area (Å²) in [5.41, 5.74) is 7.90. The molecule has 4 nitrogen and oxygen atoms in total. The number of aromatic nitrogens is 3. The molecule has 0 saturated carbocycles. The van der Waals surface area contributed by atoms with Gasteiger partial charge in [-0.2, -0.15) is 0 Å². The molecule has 0 aliphatic rings. The van der Waals surface area contributed by atoms with Crippen LogP contribution in [0.4, 0.5) is 5.82 Å². The summed E-state index contributed by atoms with van der Waals surface area (Å²) >= 11 is 0. The Kier molecular flexibility index (Phi) is 5.01. The molecule has 0 unspecified atom stereocenters. The van der Waals surface area contributed by atoms with Gasteiger partial charge < -0.3 is 5.73 Å². The number of aryl methyl sites for hydroxylation is 1. The van der Waals surface area contributed by atoms with Crippen LogP contribution >= 0.6 is 0 Å². The Morgan fingerprint density at radius 2 is 1.87 bits per heavy atom. The zero-order chi connectivity index (χ0) is 11.1. The summed E-state index contributed by atoms with van der Waals surface area (Å²) in [7, 11) is 0. The highest BCUT2D eigenvalue weighted by molar-refractivity contribution is 5.40. The minimum atomic E-state index is 0.554. The van der Waals surface area contributed by atoms with Crippen LogP contribution in [0.2, 0.25) is 0 Å². The standard InChI is InChI=1S/C11H20N4/c1-3-5-6-7-8-9-10(4-2)13-15-14-11(9)12/h3-8H2,1-2H3,(H2,12,13,14). The lowest BCUT2D eigenvalue weighted by molar-refractivity contribution is 0.657. The van der Waals surface area contributed by atoms with Crippen molar-refractivity contribution in [3.63, 3.8) is 0 Å². The highest BCUT2D eigenvalue weighted by Gasteiger charge is 2.07. The van der Waals surface area contributed by atoms with Crippen LogP contribution in [0.3, 0.4) is 0 Å². The van der Waals surface area contributed by atoms with E-state index in [2.05, 4.69) is 29.3 Å². The van der Waals surface area contributed by atoms with Crippen molar-refractivity contribution in [3.8, 4) is 0 Å². The van der Waals surface area contributed by atoms with Gasteiger partial charge in [0, 0.05) is 5.56 Å². The molecule has 1 rings (SSSR count). The molecule has 0 aromatic carbocycles. The summed E-state index contributed by atoms with van der Waals surface area (Å²) < 4.78 is 0. The Bertz CT molecular complexity index is 299. The number of nitrogens with zero attached hydrogens (tertiary/aromatic N) is 3. The number of nitrogens with two attached hydrogens (primary N) is 1. The fourth-order valence-electron chi connectivity index (χ4n) is 1.68. The van der Waals surface area contributed by atoms with Gasteiger partial charge in [-0.05, 0) is 24.5 Å². The number of hydrogen-bond donors (Lipinski definition) is 1. The van der Waals surface area contributed by atoms with Gasteiger partial charge in [-0.25, -0.2) is 0 Å². The first-order valence-corrected chi connectivity index (χ1v) is 5.76. The topological polar surface area (TPSA) is 64.7 Å². The molecular weight excluding hydrogens is 188 g/mol. The van der Waals surface area contributed by atoms with Crippen LogP contribution in [0.5, 0.6) is 0 Å². The average molecular weight is 208 g/mol. The lowest BCUT2D eigenvalue weighted by Gasteiger charge is -2.07. The lowest BCUT2D eigenvalue weighted by Crippen LogP contribution is -2.07.